The van der Waals surface area contributed by atoms with Crippen molar-refractivity contribution in [2.45, 2.75) is 26.7 Å². The molecule has 1 unspecified atom stereocenters. The van der Waals surface area contributed by atoms with E-state index in [1.165, 1.54) is 11.1 Å². The minimum Gasteiger partial charge on any atom is -0.508 e. The van der Waals surface area contributed by atoms with Gasteiger partial charge in [-0.2, -0.15) is 0 Å². The molecule has 1 aliphatic carbocycles. The summed E-state index contributed by atoms with van der Waals surface area (Å²) in [6.07, 6.45) is 2.15. The van der Waals surface area contributed by atoms with Gasteiger partial charge in [0.15, 0.2) is 0 Å². The smallest absolute Gasteiger partial charge is 0.115 e. The van der Waals surface area contributed by atoms with E-state index in [9.17, 15) is 5.11 Å². The van der Waals surface area contributed by atoms with Crippen LogP contribution in [0.2, 0.25) is 0 Å². The van der Waals surface area contributed by atoms with Gasteiger partial charge in [-0.05, 0) is 54.0 Å². The summed E-state index contributed by atoms with van der Waals surface area (Å²) >= 11 is 0. The Morgan fingerprint density at radius 2 is 2.00 bits per heavy atom. The molecule has 2 rings (SSSR count). The van der Waals surface area contributed by atoms with Gasteiger partial charge in [-0.25, -0.2) is 0 Å². The lowest BCUT2D eigenvalue weighted by Gasteiger charge is -2.29. The molecule has 1 aromatic rings. The maximum absolute atomic E-state index is 9.42. The summed E-state index contributed by atoms with van der Waals surface area (Å²) in [6, 6.07) is 5.70. The standard InChI is InChI=1S/C13H19NO/c1-13(2,8-14)11-5-9-3-4-12(15)7-10(9)6-11/h3-4,7,11,15H,5-6,8,14H2,1-2H3. The van der Waals surface area contributed by atoms with E-state index in [1.807, 2.05) is 12.1 Å². The fraction of sp³-hybridized carbons (Fsp3) is 0.538. The molecule has 15 heavy (non-hydrogen) atoms. The summed E-state index contributed by atoms with van der Waals surface area (Å²) < 4.78 is 0. The molecule has 0 heterocycles. The molecule has 2 nitrogen and oxygen atoms in total. The van der Waals surface area contributed by atoms with E-state index in [1.54, 1.807) is 6.07 Å². The van der Waals surface area contributed by atoms with Gasteiger partial charge in [-0.3, -0.25) is 0 Å². The Balaban J connectivity index is 2.22. The molecule has 0 fully saturated rings. The normalized spacial score (nSPS) is 20.3. The molecular formula is C13H19NO. The molecule has 0 aromatic heterocycles. The Bertz CT molecular complexity index is 371. The quantitative estimate of drug-likeness (QED) is 0.776. The maximum Gasteiger partial charge on any atom is 0.115 e. The molecule has 82 valence electrons. The number of benzene rings is 1. The van der Waals surface area contributed by atoms with Crippen molar-refractivity contribution in [1.82, 2.24) is 0 Å². The minimum atomic E-state index is 0.189. The first-order valence-corrected chi connectivity index (χ1v) is 5.54. The van der Waals surface area contributed by atoms with Gasteiger partial charge in [-0.15, -0.1) is 0 Å². The molecule has 1 aromatic carbocycles. The SMILES string of the molecule is CC(C)(CN)C1Cc2ccc(O)cc2C1. The van der Waals surface area contributed by atoms with E-state index in [4.69, 9.17) is 5.73 Å². The molecule has 0 aliphatic heterocycles. The summed E-state index contributed by atoms with van der Waals surface area (Å²) in [4.78, 5) is 0. The molecule has 0 bridgehead atoms. The van der Waals surface area contributed by atoms with Crippen molar-refractivity contribution in [3.8, 4) is 5.75 Å². The van der Waals surface area contributed by atoms with E-state index < -0.39 is 0 Å². The average molecular weight is 205 g/mol. The van der Waals surface area contributed by atoms with Gasteiger partial charge in [-0.1, -0.05) is 19.9 Å². The van der Waals surface area contributed by atoms with Crippen LogP contribution in [0, 0.1) is 11.3 Å². The van der Waals surface area contributed by atoms with E-state index in [-0.39, 0.29) is 5.41 Å². The lowest BCUT2D eigenvalue weighted by atomic mass is 9.77. The number of hydrogen-bond donors (Lipinski definition) is 2. The lowest BCUT2D eigenvalue weighted by Crippen LogP contribution is -2.32. The summed E-state index contributed by atoms with van der Waals surface area (Å²) in [5.41, 5.74) is 8.66. The third kappa shape index (κ3) is 1.86. The monoisotopic (exact) mass is 205 g/mol. The Morgan fingerprint density at radius 3 is 2.67 bits per heavy atom. The summed E-state index contributed by atoms with van der Waals surface area (Å²) in [7, 11) is 0. The van der Waals surface area contributed by atoms with Gasteiger partial charge in [0.05, 0.1) is 0 Å². The van der Waals surface area contributed by atoms with Crippen LogP contribution in [0.4, 0.5) is 0 Å². The number of fused-ring (bicyclic) bond motifs is 1. The molecule has 0 radical (unpaired) electrons. The third-order valence-electron chi connectivity index (χ3n) is 3.75. The Labute approximate surface area is 91.1 Å². The number of aromatic hydroxyl groups is 1. The molecule has 0 amide bonds. The first-order chi connectivity index (χ1) is 7.03. The van der Waals surface area contributed by atoms with Crippen LogP contribution in [-0.2, 0) is 12.8 Å². The molecule has 0 spiro atoms. The van der Waals surface area contributed by atoms with Crippen LogP contribution in [0.25, 0.3) is 0 Å². The molecule has 0 saturated heterocycles. The van der Waals surface area contributed by atoms with Gasteiger partial charge in [0.2, 0.25) is 0 Å². The number of hydrogen-bond acceptors (Lipinski definition) is 2. The van der Waals surface area contributed by atoms with Gasteiger partial charge >= 0.3 is 0 Å². The summed E-state index contributed by atoms with van der Waals surface area (Å²) in [5.74, 6) is 0.985. The average Bonchev–Trinajstić information content (AvgIpc) is 2.61. The van der Waals surface area contributed by atoms with Gasteiger partial charge in [0.1, 0.15) is 5.75 Å². The van der Waals surface area contributed by atoms with Crippen molar-refractivity contribution >= 4 is 0 Å². The lowest BCUT2D eigenvalue weighted by molar-refractivity contribution is 0.231. The number of phenolic OH excluding ortho intramolecular Hbond substituents is 1. The van der Waals surface area contributed by atoms with E-state index in [2.05, 4.69) is 13.8 Å². The highest BCUT2D eigenvalue weighted by molar-refractivity contribution is 5.38. The predicted molar refractivity (Wildman–Crippen MR) is 61.8 cm³/mol. The first kappa shape index (κ1) is 10.5. The van der Waals surface area contributed by atoms with Crippen LogP contribution < -0.4 is 5.73 Å². The van der Waals surface area contributed by atoms with Crippen molar-refractivity contribution in [3.05, 3.63) is 29.3 Å². The minimum absolute atomic E-state index is 0.189. The van der Waals surface area contributed by atoms with Gasteiger partial charge in [0, 0.05) is 0 Å². The topological polar surface area (TPSA) is 46.2 Å². The zero-order valence-corrected chi connectivity index (χ0v) is 9.46. The fourth-order valence-electron chi connectivity index (χ4n) is 2.32. The van der Waals surface area contributed by atoms with Crippen LogP contribution in [0.3, 0.4) is 0 Å². The van der Waals surface area contributed by atoms with Crippen molar-refractivity contribution in [3.63, 3.8) is 0 Å². The van der Waals surface area contributed by atoms with E-state index in [0.29, 0.717) is 11.7 Å². The molecule has 2 heteroatoms. The Hall–Kier alpha value is -1.02. The van der Waals surface area contributed by atoms with Crippen LogP contribution in [0.15, 0.2) is 18.2 Å². The van der Waals surface area contributed by atoms with Crippen molar-refractivity contribution in [2.75, 3.05) is 6.54 Å². The summed E-state index contributed by atoms with van der Waals surface area (Å²) in [6.45, 7) is 5.17. The van der Waals surface area contributed by atoms with Crippen LogP contribution >= 0.6 is 0 Å². The fourth-order valence-corrected chi connectivity index (χ4v) is 2.32. The highest BCUT2D eigenvalue weighted by Gasteiger charge is 2.33. The summed E-state index contributed by atoms with van der Waals surface area (Å²) in [5, 5.41) is 9.42. The van der Waals surface area contributed by atoms with Crippen LogP contribution in [0.5, 0.6) is 5.75 Å². The van der Waals surface area contributed by atoms with Crippen molar-refractivity contribution < 1.29 is 5.11 Å². The largest absolute Gasteiger partial charge is 0.508 e. The number of nitrogens with two attached hydrogens (primary N) is 1. The highest BCUT2D eigenvalue weighted by atomic mass is 16.3. The Morgan fingerprint density at radius 1 is 1.33 bits per heavy atom. The van der Waals surface area contributed by atoms with Crippen LogP contribution in [-0.4, -0.2) is 11.7 Å². The number of rotatable bonds is 2. The predicted octanol–water partition coefficient (Wildman–Crippen LogP) is 2.09. The third-order valence-corrected chi connectivity index (χ3v) is 3.75. The highest BCUT2D eigenvalue weighted by Crippen LogP contribution is 2.38. The zero-order valence-electron chi connectivity index (χ0n) is 9.46. The Kier molecular flexibility index (Phi) is 2.47. The van der Waals surface area contributed by atoms with Crippen molar-refractivity contribution in [1.29, 1.82) is 0 Å². The first-order valence-electron chi connectivity index (χ1n) is 5.54. The zero-order chi connectivity index (χ0) is 11.1. The van der Waals surface area contributed by atoms with E-state index >= 15 is 0 Å². The van der Waals surface area contributed by atoms with Crippen molar-refractivity contribution in [2.24, 2.45) is 17.1 Å². The molecule has 3 N–H and O–H groups in total. The maximum atomic E-state index is 9.42. The molecule has 0 saturated carbocycles. The molecular weight excluding hydrogens is 186 g/mol. The van der Waals surface area contributed by atoms with Gasteiger partial charge < -0.3 is 10.8 Å². The van der Waals surface area contributed by atoms with Gasteiger partial charge in [0.25, 0.3) is 0 Å². The second kappa shape index (κ2) is 3.53. The second-order valence-corrected chi connectivity index (χ2v) is 5.25. The molecule has 1 atom stereocenters. The van der Waals surface area contributed by atoms with E-state index in [0.717, 1.165) is 19.4 Å². The number of phenols is 1. The molecule has 1 aliphatic rings. The van der Waals surface area contributed by atoms with Crippen LogP contribution in [0.1, 0.15) is 25.0 Å². The second-order valence-electron chi connectivity index (χ2n) is 5.25.